The molecule has 0 spiro atoms. The van der Waals surface area contributed by atoms with Crippen molar-refractivity contribution in [1.82, 2.24) is 0 Å². The highest BCUT2D eigenvalue weighted by Gasteiger charge is 2.22. The minimum atomic E-state index is -0.968. The van der Waals surface area contributed by atoms with Crippen LogP contribution < -0.4 is 10.4 Å². The molecule has 0 aliphatic heterocycles. The Balaban J connectivity index is 2.96. The molecule has 0 aliphatic carbocycles. The first-order valence-corrected chi connectivity index (χ1v) is 4.81. The van der Waals surface area contributed by atoms with E-state index in [2.05, 4.69) is 0 Å². The molecule has 0 saturated carbocycles. The zero-order valence-corrected chi connectivity index (χ0v) is 9.22. The minimum absolute atomic E-state index is 0.225. The Morgan fingerprint density at radius 2 is 2.12 bits per heavy atom. The molecule has 0 radical (unpaired) electrons. The van der Waals surface area contributed by atoms with Crippen molar-refractivity contribution in [2.24, 2.45) is 0 Å². The highest BCUT2D eigenvalue weighted by Crippen LogP contribution is 2.29. The van der Waals surface area contributed by atoms with Crippen molar-refractivity contribution in [3.63, 3.8) is 0 Å². The van der Waals surface area contributed by atoms with Gasteiger partial charge in [0.25, 0.3) is 0 Å². The lowest BCUT2D eigenvalue weighted by Gasteiger charge is -2.05. The zero-order chi connectivity index (χ0) is 12.6. The molecule has 6 heteroatoms. The number of ether oxygens (including phenoxy) is 1. The molecule has 2 aromatic rings. The van der Waals surface area contributed by atoms with E-state index in [-0.39, 0.29) is 11.1 Å². The summed E-state index contributed by atoms with van der Waals surface area (Å²) >= 11 is 0. The van der Waals surface area contributed by atoms with Crippen LogP contribution >= 0.6 is 0 Å². The molecule has 0 aliphatic rings. The Bertz CT molecular complexity index is 659. The number of methoxy groups -OCH3 is 1. The summed E-state index contributed by atoms with van der Waals surface area (Å²) in [6, 6.07) is 4.94. The van der Waals surface area contributed by atoms with Crippen LogP contribution in [0.2, 0.25) is 0 Å². The maximum Gasteiger partial charge on any atom is 0.415 e. The third kappa shape index (κ3) is 1.63. The van der Waals surface area contributed by atoms with Crippen molar-refractivity contribution < 1.29 is 14.1 Å². The van der Waals surface area contributed by atoms with Crippen LogP contribution in [0.15, 0.2) is 27.4 Å². The summed E-state index contributed by atoms with van der Waals surface area (Å²) in [7, 11) is 1.44. The number of nitro groups is 1. The van der Waals surface area contributed by atoms with Gasteiger partial charge in [-0.1, -0.05) is 12.1 Å². The van der Waals surface area contributed by atoms with Gasteiger partial charge in [-0.25, -0.2) is 4.79 Å². The monoisotopic (exact) mass is 235 g/mol. The molecule has 1 heterocycles. The van der Waals surface area contributed by atoms with Crippen LogP contribution in [0.5, 0.6) is 5.75 Å². The van der Waals surface area contributed by atoms with E-state index in [0.29, 0.717) is 11.1 Å². The van der Waals surface area contributed by atoms with Crippen LogP contribution in [-0.2, 0) is 0 Å². The fraction of sp³-hybridized carbons (Fsp3) is 0.182. The van der Waals surface area contributed by atoms with Gasteiger partial charge >= 0.3 is 11.3 Å². The number of benzene rings is 1. The van der Waals surface area contributed by atoms with E-state index in [0.717, 1.165) is 0 Å². The van der Waals surface area contributed by atoms with Gasteiger partial charge in [0.1, 0.15) is 0 Å². The van der Waals surface area contributed by atoms with E-state index in [9.17, 15) is 14.9 Å². The highest BCUT2D eigenvalue weighted by atomic mass is 16.6. The Morgan fingerprint density at radius 1 is 1.41 bits per heavy atom. The molecule has 17 heavy (non-hydrogen) atoms. The van der Waals surface area contributed by atoms with Crippen LogP contribution in [0.25, 0.3) is 11.0 Å². The molecule has 0 fully saturated rings. The largest absolute Gasteiger partial charge is 0.493 e. The number of fused-ring (bicyclic) bond motifs is 1. The van der Waals surface area contributed by atoms with E-state index >= 15 is 0 Å². The summed E-state index contributed by atoms with van der Waals surface area (Å²) in [5.41, 5.74) is -1.00. The Labute approximate surface area is 95.6 Å². The van der Waals surface area contributed by atoms with E-state index in [1.165, 1.54) is 14.0 Å². The standard InChI is InChI=1S/C11H9NO5/c1-6-7-4-3-5-8(16-2)10(7)17-11(13)9(6)12(14)15/h3-5H,1-2H3. The SMILES string of the molecule is COc1cccc2c(C)c([N+](=O)[O-])c(=O)oc12. The van der Waals surface area contributed by atoms with Gasteiger partial charge in [-0.15, -0.1) is 0 Å². The van der Waals surface area contributed by atoms with Crippen molar-refractivity contribution in [3.8, 4) is 5.75 Å². The number of nitrogens with zero attached hydrogens (tertiary/aromatic N) is 1. The van der Waals surface area contributed by atoms with Crippen LogP contribution in [0.3, 0.4) is 0 Å². The molecule has 0 unspecified atom stereocenters. The predicted octanol–water partition coefficient (Wildman–Crippen LogP) is 2.02. The second kappa shape index (κ2) is 3.89. The minimum Gasteiger partial charge on any atom is -0.493 e. The van der Waals surface area contributed by atoms with E-state index < -0.39 is 16.2 Å². The molecule has 0 N–H and O–H groups in total. The predicted molar refractivity (Wildman–Crippen MR) is 60.4 cm³/mol. The molecule has 0 saturated heterocycles. The number of hydrogen-bond acceptors (Lipinski definition) is 5. The van der Waals surface area contributed by atoms with Crippen LogP contribution in [-0.4, -0.2) is 12.0 Å². The first-order valence-electron chi connectivity index (χ1n) is 4.81. The third-order valence-corrected chi connectivity index (χ3v) is 2.53. The summed E-state index contributed by atoms with van der Waals surface area (Å²) in [4.78, 5) is 21.5. The molecule has 6 nitrogen and oxygen atoms in total. The second-order valence-corrected chi connectivity index (χ2v) is 3.46. The number of para-hydroxylation sites is 1. The molecular weight excluding hydrogens is 226 g/mol. The molecule has 0 atom stereocenters. The van der Waals surface area contributed by atoms with Crippen molar-refractivity contribution in [2.45, 2.75) is 6.92 Å². The summed E-state index contributed by atoms with van der Waals surface area (Å²) in [5, 5.41) is 11.3. The molecule has 88 valence electrons. The van der Waals surface area contributed by atoms with E-state index in [1.54, 1.807) is 18.2 Å². The molecule has 1 aromatic carbocycles. The first-order chi connectivity index (χ1) is 8.06. The van der Waals surface area contributed by atoms with Gasteiger partial charge in [-0.2, -0.15) is 0 Å². The van der Waals surface area contributed by atoms with Gasteiger partial charge in [0.05, 0.1) is 12.0 Å². The Hall–Kier alpha value is -2.37. The average Bonchev–Trinajstić information content (AvgIpc) is 2.28. The lowest BCUT2D eigenvalue weighted by atomic mass is 10.1. The highest BCUT2D eigenvalue weighted by molar-refractivity contribution is 5.87. The van der Waals surface area contributed by atoms with Gasteiger partial charge in [0.15, 0.2) is 11.3 Å². The Morgan fingerprint density at radius 3 is 2.71 bits per heavy atom. The maximum atomic E-state index is 11.5. The van der Waals surface area contributed by atoms with Gasteiger partial charge < -0.3 is 9.15 Å². The summed E-state index contributed by atoms with van der Waals surface area (Å²) in [5.74, 6) is 0.373. The smallest absolute Gasteiger partial charge is 0.415 e. The summed E-state index contributed by atoms with van der Waals surface area (Å²) in [6.45, 7) is 1.51. The van der Waals surface area contributed by atoms with Crippen LogP contribution in [0.1, 0.15) is 5.56 Å². The van der Waals surface area contributed by atoms with Crippen molar-refractivity contribution in [3.05, 3.63) is 44.3 Å². The Kier molecular flexibility index (Phi) is 2.55. The summed E-state index contributed by atoms with van der Waals surface area (Å²) < 4.78 is 9.97. The quantitative estimate of drug-likeness (QED) is 0.451. The van der Waals surface area contributed by atoms with Crippen molar-refractivity contribution in [2.75, 3.05) is 7.11 Å². The van der Waals surface area contributed by atoms with Crippen molar-refractivity contribution >= 4 is 16.7 Å². The van der Waals surface area contributed by atoms with E-state index in [4.69, 9.17) is 9.15 Å². The molecule has 0 amide bonds. The van der Waals surface area contributed by atoms with E-state index in [1.807, 2.05) is 0 Å². The zero-order valence-electron chi connectivity index (χ0n) is 9.22. The second-order valence-electron chi connectivity index (χ2n) is 3.46. The maximum absolute atomic E-state index is 11.5. The fourth-order valence-electron chi connectivity index (χ4n) is 1.71. The number of aryl methyl sites for hydroxylation is 1. The van der Waals surface area contributed by atoms with Crippen LogP contribution in [0, 0.1) is 17.0 Å². The van der Waals surface area contributed by atoms with Crippen molar-refractivity contribution in [1.29, 1.82) is 0 Å². The molecule has 0 bridgehead atoms. The van der Waals surface area contributed by atoms with Crippen LogP contribution in [0.4, 0.5) is 5.69 Å². The van der Waals surface area contributed by atoms with Gasteiger partial charge in [0.2, 0.25) is 0 Å². The average molecular weight is 235 g/mol. The summed E-state index contributed by atoms with van der Waals surface area (Å²) in [6.07, 6.45) is 0. The molecular formula is C11H9NO5. The number of hydrogen-bond donors (Lipinski definition) is 0. The molecule has 2 rings (SSSR count). The topological polar surface area (TPSA) is 82.6 Å². The van der Waals surface area contributed by atoms with Gasteiger partial charge in [-0.05, 0) is 13.0 Å². The lowest BCUT2D eigenvalue weighted by Crippen LogP contribution is -2.09. The molecule has 1 aromatic heterocycles. The van der Waals surface area contributed by atoms with Gasteiger partial charge in [-0.3, -0.25) is 10.1 Å². The fourth-order valence-corrected chi connectivity index (χ4v) is 1.71. The normalized spacial score (nSPS) is 10.5. The lowest BCUT2D eigenvalue weighted by molar-refractivity contribution is -0.387. The number of rotatable bonds is 2. The first kappa shape index (κ1) is 11.1. The third-order valence-electron chi connectivity index (χ3n) is 2.53. The van der Waals surface area contributed by atoms with Gasteiger partial charge in [0, 0.05) is 10.9 Å².